The van der Waals surface area contributed by atoms with Crippen molar-refractivity contribution in [2.45, 2.75) is 13.5 Å². The Bertz CT molecular complexity index is 1070. The summed E-state index contributed by atoms with van der Waals surface area (Å²) in [5, 5.41) is 14.9. The molecule has 0 bridgehead atoms. The maximum atomic E-state index is 12.0. The van der Waals surface area contributed by atoms with Crippen LogP contribution >= 0.6 is 11.3 Å². The van der Waals surface area contributed by atoms with E-state index in [1.54, 1.807) is 6.92 Å². The maximum Gasteiger partial charge on any atom is 0.296 e. The van der Waals surface area contributed by atoms with Crippen LogP contribution in [0.4, 0.5) is 0 Å². The molecule has 0 aliphatic rings. The van der Waals surface area contributed by atoms with Crippen LogP contribution in [0, 0.1) is 6.92 Å². The first-order chi connectivity index (χ1) is 11.2. The van der Waals surface area contributed by atoms with Gasteiger partial charge in [0.05, 0.1) is 0 Å². The summed E-state index contributed by atoms with van der Waals surface area (Å²) in [6.07, 6.45) is 0. The number of ether oxygens (including phenoxy) is 1. The fourth-order valence-electron chi connectivity index (χ4n) is 2.35. The standard InChI is InChI=1S/C16H12N4O2S/c1-10-15(21)20-16(18-17-10)23-14(19-20)9-22-13-8-4-6-11-5-2-3-7-12(11)13/h2-8H,9H2,1H3. The number of benzene rings is 2. The molecule has 0 radical (unpaired) electrons. The highest BCUT2D eigenvalue weighted by atomic mass is 32.1. The van der Waals surface area contributed by atoms with Crippen LogP contribution in [0.3, 0.4) is 0 Å². The molecule has 2 aromatic carbocycles. The summed E-state index contributed by atoms with van der Waals surface area (Å²) in [6, 6.07) is 13.9. The zero-order valence-corrected chi connectivity index (χ0v) is 13.1. The molecule has 0 saturated carbocycles. The van der Waals surface area contributed by atoms with Crippen molar-refractivity contribution in [3.63, 3.8) is 0 Å². The summed E-state index contributed by atoms with van der Waals surface area (Å²) >= 11 is 1.30. The van der Waals surface area contributed by atoms with Crippen molar-refractivity contribution in [3.8, 4) is 5.75 Å². The first-order valence-electron chi connectivity index (χ1n) is 7.05. The average Bonchev–Trinajstić information content (AvgIpc) is 3.00. The molecule has 4 rings (SSSR count). The van der Waals surface area contributed by atoms with Gasteiger partial charge < -0.3 is 4.74 Å². The average molecular weight is 324 g/mol. The molecule has 0 aliphatic carbocycles. The minimum absolute atomic E-state index is 0.248. The number of hydrogen-bond acceptors (Lipinski definition) is 6. The van der Waals surface area contributed by atoms with Gasteiger partial charge in [0.1, 0.15) is 18.1 Å². The molecule has 0 spiro atoms. The predicted molar refractivity (Wildman–Crippen MR) is 87.9 cm³/mol. The van der Waals surface area contributed by atoms with E-state index in [9.17, 15) is 4.79 Å². The van der Waals surface area contributed by atoms with Gasteiger partial charge in [-0.25, -0.2) is 0 Å². The lowest BCUT2D eigenvalue weighted by Crippen LogP contribution is -2.19. The first-order valence-corrected chi connectivity index (χ1v) is 7.86. The van der Waals surface area contributed by atoms with Crippen LogP contribution in [-0.4, -0.2) is 19.8 Å². The summed E-state index contributed by atoms with van der Waals surface area (Å²) in [4.78, 5) is 12.4. The monoisotopic (exact) mass is 324 g/mol. The molecule has 7 heteroatoms. The predicted octanol–water partition coefficient (Wildman–Crippen LogP) is 2.59. The van der Waals surface area contributed by atoms with E-state index in [4.69, 9.17) is 4.74 Å². The summed E-state index contributed by atoms with van der Waals surface area (Å²) in [5.74, 6) is 0.789. The Morgan fingerprint density at radius 3 is 2.87 bits per heavy atom. The number of rotatable bonds is 3. The van der Waals surface area contributed by atoms with Crippen molar-refractivity contribution in [2.24, 2.45) is 0 Å². The van der Waals surface area contributed by atoms with Gasteiger partial charge in [-0.1, -0.05) is 47.7 Å². The van der Waals surface area contributed by atoms with Crippen LogP contribution < -0.4 is 10.3 Å². The van der Waals surface area contributed by atoms with Gasteiger partial charge in [0, 0.05) is 5.39 Å². The molecule has 23 heavy (non-hydrogen) atoms. The van der Waals surface area contributed by atoms with Gasteiger partial charge >= 0.3 is 0 Å². The van der Waals surface area contributed by atoms with E-state index in [0.29, 0.717) is 15.7 Å². The molecule has 2 heterocycles. The molecule has 0 aliphatic heterocycles. The van der Waals surface area contributed by atoms with Crippen LogP contribution in [0.25, 0.3) is 15.7 Å². The normalized spacial score (nSPS) is 11.2. The third kappa shape index (κ3) is 2.44. The number of nitrogens with zero attached hydrogens (tertiary/aromatic N) is 4. The Hall–Kier alpha value is -2.80. The molecule has 0 N–H and O–H groups in total. The Labute approximate surface area is 135 Å². The zero-order valence-electron chi connectivity index (χ0n) is 12.3. The van der Waals surface area contributed by atoms with E-state index in [0.717, 1.165) is 16.5 Å². The van der Waals surface area contributed by atoms with Crippen LogP contribution in [0.15, 0.2) is 47.3 Å². The summed E-state index contributed by atoms with van der Waals surface area (Å²) in [5.41, 5.74) is 0.0805. The van der Waals surface area contributed by atoms with E-state index < -0.39 is 0 Å². The first kappa shape index (κ1) is 13.8. The highest BCUT2D eigenvalue weighted by Gasteiger charge is 2.10. The number of aromatic nitrogens is 4. The lowest BCUT2D eigenvalue weighted by molar-refractivity contribution is 0.307. The van der Waals surface area contributed by atoms with Gasteiger partial charge in [0.2, 0.25) is 4.96 Å². The Balaban J connectivity index is 1.66. The zero-order chi connectivity index (χ0) is 15.8. The van der Waals surface area contributed by atoms with Gasteiger partial charge in [0.15, 0.2) is 5.01 Å². The van der Waals surface area contributed by atoms with Gasteiger partial charge in [-0.05, 0) is 18.4 Å². The molecule has 0 saturated heterocycles. The maximum absolute atomic E-state index is 12.0. The molecule has 0 fully saturated rings. The van der Waals surface area contributed by atoms with Crippen molar-refractivity contribution < 1.29 is 4.74 Å². The highest BCUT2D eigenvalue weighted by molar-refractivity contribution is 7.16. The van der Waals surface area contributed by atoms with E-state index >= 15 is 0 Å². The fraction of sp³-hybridized carbons (Fsp3) is 0.125. The van der Waals surface area contributed by atoms with Gasteiger partial charge in [-0.3, -0.25) is 4.79 Å². The Morgan fingerprint density at radius 2 is 1.96 bits per heavy atom. The molecular formula is C16H12N4O2S. The summed E-state index contributed by atoms with van der Waals surface area (Å²) < 4.78 is 7.16. The third-order valence-corrected chi connectivity index (χ3v) is 4.36. The van der Waals surface area contributed by atoms with Gasteiger partial charge in [-0.2, -0.15) is 9.61 Å². The summed E-state index contributed by atoms with van der Waals surface area (Å²) in [7, 11) is 0. The van der Waals surface area contributed by atoms with Crippen LogP contribution in [-0.2, 0) is 6.61 Å². The molecule has 114 valence electrons. The largest absolute Gasteiger partial charge is 0.486 e. The Morgan fingerprint density at radius 1 is 1.13 bits per heavy atom. The van der Waals surface area contributed by atoms with E-state index in [1.807, 2.05) is 42.5 Å². The Kier molecular flexibility index (Phi) is 3.27. The highest BCUT2D eigenvalue weighted by Crippen LogP contribution is 2.26. The molecule has 0 amide bonds. The molecule has 0 atom stereocenters. The van der Waals surface area contributed by atoms with Gasteiger partial charge in [0.25, 0.3) is 5.56 Å². The number of fused-ring (bicyclic) bond motifs is 2. The van der Waals surface area contributed by atoms with Crippen molar-refractivity contribution in [3.05, 3.63) is 63.5 Å². The minimum atomic E-state index is -0.248. The third-order valence-electron chi connectivity index (χ3n) is 3.49. The molecule has 2 aromatic heterocycles. The van der Waals surface area contributed by atoms with Crippen LogP contribution in [0.1, 0.15) is 10.7 Å². The van der Waals surface area contributed by atoms with Crippen molar-refractivity contribution >= 4 is 27.1 Å². The molecule has 4 aromatic rings. The van der Waals surface area contributed by atoms with Crippen molar-refractivity contribution in [1.82, 2.24) is 19.8 Å². The molecule has 6 nitrogen and oxygen atoms in total. The number of hydrogen-bond donors (Lipinski definition) is 0. The second-order valence-corrected chi connectivity index (χ2v) is 6.09. The molecular weight excluding hydrogens is 312 g/mol. The van der Waals surface area contributed by atoms with Gasteiger partial charge in [-0.15, -0.1) is 10.2 Å². The van der Waals surface area contributed by atoms with Crippen molar-refractivity contribution in [1.29, 1.82) is 0 Å². The number of aryl methyl sites for hydroxylation is 1. The van der Waals surface area contributed by atoms with Crippen molar-refractivity contribution in [2.75, 3.05) is 0 Å². The smallest absolute Gasteiger partial charge is 0.296 e. The SMILES string of the molecule is Cc1nnc2sc(COc3cccc4ccccc34)nn2c1=O. The lowest BCUT2D eigenvalue weighted by Gasteiger charge is -2.07. The quantitative estimate of drug-likeness (QED) is 0.579. The second kappa shape index (κ2) is 5.44. The van der Waals surface area contributed by atoms with Crippen LogP contribution in [0.5, 0.6) is 5.75 Å². The lowest BCUT2D eigenvalue weighted by atomic mass is 10.1. The fourth-order valence-corrected chi connectivity index (χ4v) is 3.09. The summed E-state index contributed by atoms with van der Waals surface area (Å²) in [6.45, 7) is 1.90. The van der Waals surface area contributed by atoms with Crippen LogP contribution in [0.2, 0.25) is 0 Å². The van der Waals surface area contributed by atoms with E-state index in [2.05, 4.69) is 15.3 Å². The minimum Gasteiger partial charge on any atom is -0.486 e. The van der Waals surface area contributed by atoms with E-state index in [1.165, 1.54) is 15.9 Å². The second-order valence-electron chi connectivity index (χ2n) is 5.05. The topological polar surface area (TPSA) is 69.4 Å². The molecule has 0 unspecified atom stereocenters. The van der Waals surface area contributed by atoms with E-state index in [-0.39, 0.29) is 12.2 Å².